The molecule has 160 valence electrons. The van der Waals surface area contributed by atoms with Gasteiger partial charge in [-0.3, -0.25) is 4.99 Å². The van der Waals surface area contributed by atoms with Gasteiger partial charge in [-0.1, -0.05) is 103 Å². The molecule has 0 aliphatic heterocycles. The van der Waals surface area contributed by atoms with Gasteiger partial charge >= 0.3 is 0 Å². The highest BCUT2D eigenvalue weighted by molar-refractivity contribution is 6.29. The third-order valence-electron chi connectivity index (χ3n) is 5.61. The molecular weight excluding hydrogens is 414 g/mol. The summed E-state index contributed by atoms with van der Waals surface area (Å²) in [7, 11) is 1.93. The van der Waals surface area contributed by atoms with E-state index in [0.717, 1.165) is 33.5 Å². The number of aryl methyl sites for hydroxylation is 1. The van der Waals surface area contributed by atoms with Crippen molar-refractivity contribution in [1.82, 2.24) is 10.3 Å². The van der Waals surface area contributed by atoms with Crippen LogP contribution in [-0.4, -0.2) is 24.3 Å². The lowest BCUT2D eigenvalue weighted by Crippen LogP contribution is -2.32. The van der Waals surface area contributed by atoms with Crippen LogP contribution < -0.4 is 5.32 Å². The van der Waals surface area contributed by atoms with Gasteiger partial charge in [-0.15, -0.1) is 0 Å². The van der Waals surface area contributed by atoms with Crippen molar-refractivity contribution in [1.29, 1.82) is 0 Å². The fourth-order valence-electron chi connectivity index (χ4n) is 4.12. The number of hydrogen-bond donors (Lipinski definition) is 1. The molecule has 1 N–H and O–H groups in total. The van der Waals surface area contributed by atoms with Crippen LogP contribution in [0.2, 0.25) is 5.15 Å². The number of pyridine rings is 1. The van der Waals surface area contributed by atoms with Crippen LogP contribution in [0.5, 0.6) is 0 Å². The Balaban J connectivity index is 2.08. The van der Waals surface area contributed by atoms with Crippen molar-refractivity contribution in [2.45, 2.75) is 12.5 Å². The summed E-state index contributed by atoms with van der Waals surface area (Å²) in [5, 5.41) is 3.78. The third kappa shape index (κ3) is 4.36. The Hall–Kier alpha value is -3.27. The molecule has 3 aromatic carbocycles. The van der Waals surface area contributed by atoms with E-state index in [9.17, 15) is 0 Å². The second-order valence-corrected chi connectivity index (χ2v) is 8.11. The number of aromatic nitrogens is 1. The maximum atomic E-state index is 6.15. The van der Waals surface area contributed by atoms with Crippen LogP contribution in [0.3, 0.4) is 0 Å². The number of halogens is 1. The van der Waals surface area contributed by atoms with Gasteiger partial charge in [0.15, 0.2) is 0 Å². The maximum absolute atomic E-state index is 6.15. The van der Waals surface area contributed by atoms with Gasteiger partial charge in [0.2, 0.25) is 0 Å². The Kier molecular flexibility index (Phi) is 6.79. The van der Waals surface area contributed by atoms with Crippen molar-refractivity contribution in [3.63, 3.8) is 0 Å². The third-order valence-corrected chi connectivity index (χ3v) is 5.82. The number of hydrogen-bond acceptors (Lipinski definition) is 3. The van der Waals surface area contributed by atoms with Crippen LogP contribution in [0.25, 0.3) is 0 Å². The van der Waals surface area contributed by atoms with Crippen molar-refractivity contribution in [3.05, 3.63) is 136 Å². The number of nitrogens with zero attached hydrogens (tertiary/aromatic N) is 2. The zero-order valence-electron chi connectivity index (χ0n) is 18.3. The van der Waals surface area contributed by atoms with Gasteiger partial charge in [-0.2, -0.15) is 0 Å². The van der Waals surface area contributed by atoms with Crippen molar-refractivity contribution in [3.8, 4) is 0 Å². The zero-order valence-corrected chi connectivity index (χ0v) is 19.1. The van der Waals surface area contributed by atoms with Crippen molar-refractivity contribution in [2.75, 3.05) is 13.6 Å². The second kappa shape index (κ2) is 9.90. The first-order chi connectivity index (χ1) is 15.6. The molecule has 0 bridgehead atoms. The molecular formula is C28H26ClN3. The minimum Gasteiger partial charge on any atom is -0.314 e. The summed E-state index contributed by atoms with van der Waals surface area (Å²) in [6.45, 7) is 2.64. The number of rotatable bonds is 7. The van der Waals surface area contributed by atoms with Crippen molar-refractivity contribution < 1.29 is 0 Å². The summed E-state index contributed by atoms with van der Waals surface area (Å²) < 4.78 is 0. The number of nitrogens with one attached hydrogen (secondary N) is 1. The van der Waals surface area contributed by atoms with Crippen LogP contribution in [-0.2, 0) is 5.54 Å². The molecule has 4 heteroatoms. The van der Waals surface area contributed by atoms with Gasteiger partial charge in [0.25, 0.3) is 0 Å². The maximum Gasteiger partial charge on any atom is 0.136 e. The highest BCUT2D eigenvalue weighted by Crippen LogP contribution is 2.41. The van der Waals surface area contributed by atoms with E-state index < -0.39 is 5.54 Å². The molecule has 0 amide bonds. The van der Waals surface area contributed by atoms with Crippen molar-refractivity contribution >= 4 is 17.3 Å². The molecule has 0 spiro atoms. The average molecular weight is 440 g/mol. The number of aliphatic imine (C=N–C) groups is 1. The minimum absolute atomic E-state index is 0.482. The van der Waals surface area contributed by atoms with Crippen LogP contribution in [0.1, 0.15) is 27.8 Å². The number of likely N-dealkylation sites (N-methyl/N-ethyl adjacent to an activating group) is 1. The Morgan fingerprint density at radius 2 is 1.31 bits per heavy atom. The summed E-state index contributed by atoms with van der Waals surface area (Å²) in [4.78, 5) is 9.89. The second-order valence-electron chi connectivity index (χ2n) is 7.72. The number of benzene rings is 3. The minimum atomic E-state index is -0.720. The summed E-state index contributed by atoms with van der Waals surface area (Å²) in [6.07, 6.45) is 1.82. The first-order valence-electron chi connectivity index (χ1n) is 10.7. The zero-order chi connectivity index (χ0) is 22.4. The quantitative estimate of drug-likeness (QED) is 0.216. The molecule has 0 aliphatic rings. The van der Waals surface area contributed by atoms with E-state index in [1.165, 1.54) is 0 Å². The van der Waals surface area contributed by atoms with E-state index >= 15 is 0 Å². The summed E-state index contributed by atoms with van der Waals surface area (Å²) in [5.74, 6) is 0. The summed E-state index contributed by atoms with van der Waals surface area (Å²) >= 11 is 6.15. The summed E-state index contributed by atoms with van der Waals surface area (Å²) in [6, 6.07) is 33.3. The van der Waals surface area contributed by atoms with Gasteiger partial charge in [0.1, 0.15) is 10.7 Å². The predicted molar refractivity (Wildman–Crippen MR) is 134 cm³/mol. The molecule has 0 radical (unpaired) electrons. The molecule has 1 aromatic heterocycles. The van der Waals surface area contributed by atoms with Crippen LogP contribution >= 0.6 is 11.6 Å². The molecule has 0 aliphatic carbocycles. The van der Waals surface area contributed by atoms with E-state index in [4.69, 9.17) is 16.6 Å². The largest absolute Gasteiger partial charge is 0.314 e. The van der Waals surface area contributed by atoms with Crippen LogP contribution in [0, 0.1) is 6.92 Å². The first-order valence-corrected chi connectivity index (χ1v) is 11.1. The van der Waals surface area contributed by atoms with Gasteiger partial charge in [0.05, 0.1) is 5.71 Å². The SMILES string of the molecule is CNCC(=NC(c1ccccc1)(c1ccccc1)c1ccccc1)c1cnc(Cl)cc1C. The Bertz CT molecular complexity index is 1090. The summed E-state index contributed by atoms with van der Waals surface area (Å²) in [5.41, 5.74) is 5.53. The monoisotopic (exact) mass is 439 g/mol. The van der Waals surface area contributed by atoms with E-state index in [2.05, 4.69) is 83.1 Å². The molecule has 0 unspecified atom stereocenters. The highest BCUT2D eigenvalue weighted by Gasteiger charge is 2.36. The molecule has 1 heterocycles. The lowest BCUT2D eigenvalue weighted by molar-refractivity contribution is 0.653. The Labute approximate surface area is 194 Å². The van der Waals surface area contributed by atoms with E-state index in [1.54, 1.807) is 0 Å². The molecule has 3 nitrogen and oxygen atoms in total. The molecule has 32 heavy (non-hydrogen) atoms. The van der Waals surface area contributed by atoms with Crippen LogP contribution in [0.4, 0.5) is 0 Å². The smallest absolute Gasteiger partial charge is 0.136 e. The fraction of sp³-hybridized carbons (Fsp3) is 0.143. The first kappa shape index (κ1) is 21.9. The van der Waals surface area contributed by atoms with Gasteiger partial charge in [-0.05, 0) is 42.3 Å². The Morgan fingerprint density at radius 1 is 0.844 bits per heavy atom. The normalized spacial score (nSPS) is 12.0. The molecule has 4 aromatic rings. The van der Waals surface area contributed by atoms with Gasteiger partial charge in [-0.25, -0.2) is 4.98 Å². The standard InChI is InChI=1S/C28H26ClN3/c1-21-18-27(29)31-19-25(21)26(20-30-2)32-28(22-12-6-3-7-13-22,23-14-8-4-9-15-23)24-16-10-5-11-17-24/h3-19,30H,20H2,1-2H3. The Morgan fingerprint density at radius 3 is 1.72 bits per heavy atom. The molecule has 0 saturated heterocycles. The molecule has 0 fully saturated rings. The van der Waals surface area contributed by atoms with E-state index in [1.807, 2.05) is 44.4 Å². The fourth-order valence-corrected chi connectivity index (χ4v) is 4.33. The molecule has 0 saturated carbocycles. The topological polar surface area (TPSA) is 37.3 Å². The van der Waals surface area contributed by atoms with Gasteiger partial charge < -0.3 is 5.32 Å². The molecule has 4 rings (SSSR count). The van der Waals surface area contributed by atoms with Crippen LogP contribution in [0.15, 0.2) is 108 Å². The lowest BCUT2D eigenvalue weighted by atomic mass is 9.77. The van der Waals surface area contributed by atoms with E-state index in [-0.39, 0.29) is 0 Å². The predicted octanol–water partition coefficient (Wildman–Crippen LogP) is 6.04. The average Bonchev–Trinajstić information content (AvgIpc) is 2.84. The van der Waals surface area contributed by atoms with Gasteiger partial charge in [0, 0.05) is 18.3 Å². The lowest BCUT2D eigenvalue weighted by Gasteiger charge is -2.33. The van der Waals surface area contributed by atoms with E-state index in [0.29, 0.717) is 11.7 Å². The highest BCUT2D eigenvalue weighted by atomic mass is 35.5. The molecule has 0 atom stereocenters. The van der Waals surface area contributed by atoms with Crippen molar-refractivity contribution in [2.24, 2.45) is 4.99 Å².